The molecule has 1 aliphatic carbocycles. The van der Waals surface area contributed by atoms with Crippen LogP contribution < -0.4 is 10.1 Å². The molecule has 0 aromatic heterocycles. The summed E-state index contributed by atoms with van der Waals surface area (Å²) in [5, 5.41) is 12.3. The summed E-state index contributed by atoms with van der Waals surface area (Å²) in [6.07, 6.45) is 4.60. The Hall–Kier alpha value is -2.82. The average Bonchev–Trinajstić information content (AvgIpc) is 2.75. The fraction of sp³-hybridized carbons (Fsp3) is 0.417. The number of carboxylic acids is 1. The van der Waals surface area contributed by atoms with Crippen LogP contribution in [-0.4, -0.2) is 30.1 Å². The molecule has 0 heterocycles. The standard InChI is InChI=1S/C24H29NO4/c26-23(21-11-4-5-12-22(21)24(27)28)25-15-13-19-9-6-10-20(17-19)29-16-14-18-7-2-1-3-8-18/h1-3,6-10,17,21-22H,4-5,11-16H2,(H,25,26)(H,27,28). The third kappa shape index (κ3) is 6.34. The number of rotatable bonds is 9. The molecule has 2 aromatic carbocycles. The molecule has 2 atom stereocenters. The minimum absolute atomic E-state index is 0.132. The number of ether oxygens (including phenoxy) is 1. The predicted molar refractivity (Wildman–Crippen MR) is 112 cm³/mol. The molecule has 5 nitrogen and oxygen atoms in total. The summed E-state index contributed by atoms with van der Waals surface area (Å²) in [6.45, 7) is 1.11. The number of carbonyl (C=O) groups excluding carboxylic acids is 1. The van der Waals surface area contributed by atoms with Gasteiger partial charge in [-0.1, -0.05) is 55.3 Å². The second-order valence-electron chi connectivity index (χ2n) is 7.61. The molecule has 2 unspecified atom stereocenters. The summed E-state index contributed by atoms with van der Waals surface area (Å²) in [5.74, 6) is -1.13. The minimum Gasteiger partial charge on any atom is -0.493 e. The third-order valence-corrected chi connectivity index (χ3v) is 5.53. The molecule has 0 aliphatic heterocycles. The van der Waals surface area contributed by atoms with Crippen molar-refractivity contribution >= 4 is 11.9 Å². The van der Waals surface area contributed by atoms with Crippen molar-refractivity contribution in [3.05, 3.63) is 65.7 Å². The van der Waals surface area contributed by atoms with E-state index in [1.165, 1.54) is 5.56 Å². The summed E-state index contributed by atoms with van der Waals surface area (Å²) < 4.78 is 5.86. The van der Waals surface area contributed by atoms with Gasteiger partial charge in [0.2, 0.25) is 5.91 Å². The molecular weight excluding hydrogens is 366 g/mol. The lowest BCUT2D eigenvalue weighted by Crippen LogP contribution is -2.40. The molecule has 3 rings (SSSR count). The van der Waals surface area contributed by atoms with Gasteiger partial charge >= 0.3 is 5.97 Å². The van der Waals surface area contributed by atoms with E-state index >= 15 is 0 Å². The van der Waals surface area contributed by atoms with E-state index in [1.54, 1.807) is 0 Å². The van der Waals surface area contributed by atoms with Crippen molar-refractivity contribution in [1.82, 2.24) is 5.32 Å². The molecule has 29 heavy (non-hydrogen) atoms. The zero-order chi connectivity index (χ0) is 20.5. The summed E-state index contributed by atoms with van der Waals surface area (Å²) in [7, 11) is 0. The molecule has 2 N–H and O–H groups in total. The Kier molecular flexibility index (Phi) is 7.68. The van der Waals surface area contributed by atoms with E-state index in [-0.39, 0.29) is 5.91 Å². The van der Waals surface area contributed by atoms with Gasteiger partial charge in [0.05, 0.1) is 18.4 Å². The summed E-state index contributed by atoms with van der Waals surface area (Å²) in [5.41, 5.74) is 2.33. The highest BCUT2D eigenvalue weighted by Crippen LogP contribution is 2.30. The number of hydrogen-bond acceptors (Lipinski definition) is 3. The summed E-state index contributed by atoms with van der Waals surface area (Å²) >= 11 is 0. The Morgan fingerprint density at radius 1 is 0.931 bits per heavy atom. The largest absolute Gasteiger partial charge is 0.493 e. The Morgan fingerprint density at radius 2 is 1.66 bits per heavy atom. The van der Waals surface area contributed by atoms with Gasteiger partial charge in [-0.3, -0.25) is 9.59 Å². The van der Waals surface area contributed by atoms with Crippen molar-refractivity contribution in [2.75, 3.05) is 13.2 Å². The Labute approximate surface area is 172 Å². The molecule has 1 amide bonds. The van der Waals surface area contributed by atoms with Gasteiger partial charge in [-0.05, 0) is 42.5 Å². The number of amides is 1. The normalized spacial score (nSPS) is 18.8. The molecule has 1 aliphatic rings. The highest BCUT2D eigenvalue weighted by molar-refractivity contribution is 5.84. The molecular formula is C24H29NO4. The molecule has 154 valence electrons. The smallest absolute Gasteiger partial charge is 0.307 e. The lowest BCUT2D eigenvalue weighted by molar-refractivity contribution is -0.148. The fourth-order valence-electron chi connectivity index (χ4n) is 3.92. The molecule has 5 heteroatoms. The van der Waals surface area contributed by atoms with Crippen molar-refractivity contribution in [2.24, 2.45) is 11.8 Å². The van der Waals surface area contributed by atoms with Crippen LogP contribution in [0.5, 0.6) is 5.75 Å². The second kappa shape index (κ2) is 10.6. The van der Waals surface area contributed by atoms with Gasteiger partial charge in [-0.2, -0.15) is 0 Å². The topological polar surface area (TPSA) is 75.6 Å². The van der Waals surface area contributed by atoms with Crippen LogP contribution in [0.25, 0.3) is 0 Å². The maximum Gasteiger partial charge on any atom is 0.307 e. The molecule has 0 radical (unpaired) electrons. The van der Waals surface area contributed by atoms with E-state index in [4.69, 9.17) is 4.74 Å². The monoisotopic (exact) mass is 395 g/mol. The number of benzene rings is 2. The van der Waals surface area contributed by atoms with Crippen LogP contribution in [0.2, 0.25) is 0 Å². The van der Waals surface area contributed by atoms with Crippen LogP contribution in [0.4, 0.5) is 0 Å². The van der Waals surface area contributed by atoms with Gasteiger partial charge in [0.25, 0.3) is 0 Å². The average molecular weight is 395 g/mol. The molecule has 0 saturated heterocycles. The van der Waals surface area contributed by atoms with Gasteiger partial charge in [0.1, 0.15) is 5.75 Å². The molecule has 0 bridgehead atoms. The number of aliphatic carboxylic acids is 1. The van der Waals surface area contributed by atoms with Crippen LogP contribution in [0.15, 0.2) is 54.6 Å². The van der Waals surface area contributed by atoms with Crippen LogP contribution in [0, 0.1) is 11.8 Å². The van der Waals surface area contributed by atoms with E-state index in [0.29, 0.717) is 32.4 Å². The lowest BCUT2D eigenvalue weighted by Gasteiger charge is -2.27. The first-order chi connectivity index (χ1) is 14.1. The maximum atomic E-state index is 12.4. The van der Waals surface area contributed by atoms with Gasteiger partial charge < -0.3 is 15.2 Å². The number of nitrogens with one attached hydrogen (secondary N) is 1. The maximum absolute atomic E-state index is 12.4. The van der Waals surface area contributed by atoms with E-state index in [0.717, 1.165) is 30.6 Å². The van der Waals surface area contributed by atoms with Crippen molar-refractivity contribution in [3.8, 4) is 5.75 Å². The zero-order valence-electron chi connectivity index (χ0n) is 16.7. The van der Waals surface area contributed by atoms with Crippen molar-refractivity contribution in [2.45, 2.75) is 38.5 Å². The van der Waals surface area contributed by atoms with E-state index < -0.39 is 17.8 Å². The van der Waals surface area contributed by atoms with Gasteiger partial charge in [0, 0.05) is 13.0 Å². The quantitative estimate of drug-likeness (QED) is 0.676. The van der Waals surface area contributed by atoms with E-state index in [1.807, 2.05) is 42.5 Å². The Bertz CT molecular complexity index is 806. The number of carboxylic acid groups (broad SMARTS) is 1. The lowest BCUT2D eigenvalue weighted by atomic mass is 9.78. The molecule has 1 fully saturated rings. The first kappa shape index (κ1) is 20.9. The van der Waals surface area contributed by atoms with Gasteiger partial charge in [-0.25, -0.2) is 0 Å². The number of hydrogen-bond donors (Lipinski definition) is 2. The SMILES string of the molecule is O=C(O)C1CCCCC1C(=O)NCCc1cccc(OCCc2ccccc2)c1. The Morgan fingerprint density at radius 3 is 2.41 bits per heavy atom. The van der Waals surface area contributed by atoms with Crippen LogP contribution in [0.3, 0.4) is 0 Å². The van der Waals surface area contributed by atoms with Crippen molar-refractivity contribution in [1.29, 1.82) is 0 Å². The van der Waals surface area contributed by atoms with Crippen molar-refractivity contribution in [3.63, 3.8) is 0 Å². The first-order valence-electron chi connectivity index (χ1n) is 10.4. The van der Waals surface area contributed by atoms with Crippen LogP contribution in [-0.2, 0) is 22.4 Å². The number of carbonyl (C=O) groups is 2. The molecule has 0 spiro atoms. The van der Waals surface area contributed by atoms with Gasteiger partial charge in [0.15, 0.2) is 0 Å². The second-order valence-corrected chi connectivity index (χ2v) is 7.61. The Balaban J connectivity index is 1.44. The highest BCUT2D eigenvalue weighted by Gasteiger charge is 2.35. The third-order valence-electron chi connectivity index (χ3n) is 5.53. The van der Waals surface area contributed by atoms with Crippen LogP contribution in [0.1, 0.15) is 36.8 Å². The van der Waals surface area contributed by atoms with E-state index in [2.05, 4.69) is 17.4 Å². The highest BCUT2D eigenvalue weighted by atomic mass is 16.5. The zero-order valence-corrected chi connectivity index (χ0v) is 16.7. The summed E-state index contributed by atoms with van der Waals surface area (Å²) in [6, 6.07) is 18.1. The molecule has 2 aromatic rings. The first-order valence-corrected chi connectivity index (χ1v) is 10.4. The van der Waals surface area contributed by atoms with E-state index in [9.17, 15) is 14.7 Å². The van der Waals surface area contributed by atoms with Crippen LogP contribution >= 0.6 is 0 Å². The predicted octanol–water partition coefficient (Wildman–Crippen LogP) is 3.86. The van der Waals surface area contributed by atoms with Crippen molar-refractivity contribution < 1.29 is 19.4 Å². The van der Waals surface area contributed by atoms with Gasteiger partial charge in [-0.15, -0.1) is 0 Å². The fourth-order valence-corrected chi connectivity index (χ4v) is 3.92. The minimum atomic E-state index is -0.856. The summed E-state index contributed by atoms with van der Waals surface area (Å²) in [4.78, 5) is 23.8. The molecule has 1 saturated carbocycles.